The van der Waals surface area contributed by atoms with Crippen LogP contribution in [-0.2, 0) is 6.42 Å². The maximum Gasteiger partial charge on any atom is 0.0252 e. The van der Waals surface area contributed by atoms with Gasteiger partial charge in [-0.25, -0.2) is 0 Å². The summed E-state index contributed by atoms with van der Waals surface area (Å²) in [6, 6.07) is 10.5. The van der Waals surface area contributed by atoms with Crippen LogP contribution >= 0.6 is 11.6 Å². The molecule has 0 aromatic heterocycles. The second-order valence-corrected chi connectivity index (χ2v) is 3.26. The summed E-state index contributed by atoms with van der Waals surface area (Å²) in [5.74, 6) is 1.33. The molecule has 1 rings (SSSR count). The molecule has 1 aromatic carbocycles. The second kappa shape index (κ2) is 4.40. The maximum atomic E-state index is 5.70. The fourth-order valence-corrected chi connectivity index (χ4v) is 1.18. The van der Waals surface area contributed by atoms with E-state index >= 15 is 0 Å². The first kappa shape index (κ1) is 8.61. The number of hydrogen-bond acceptors (Lipinski definition) is 0. The van der Waals surface area contributed by atoms with E-state index in [0.29, 0.717) is 5.92 Å². The van der Waals surface area contributed by atoms with Gasteiger partial charge in [0.1, 0.15) is 0 Å². The van der Waals surface area contributed by atoms with E-state index in [2.05, 4.69) is 31.2 Å². The van der Waals surface area contributed by atoms with Gasteiger partial charge in [-0.1, -0.05) is 37.3 Å². The minimum atomic E-state index is 0.582. The molecular formula is C10H13Cl. The van der Waals surface area contributed by atoms with E-state index in [1.54, 1.807) is 0 Å². The maximum absolute atomic E-state index is 5.70. The van der Waals surface area contributed by atoms with Gasteiger partial charge in [0.05, 0.1) is 0 Å². The van der Waals surface area contributed by atoms with Gasteiger partial charge in [0.25, 0.3) is 0 Å². The van der Waals surface area contributed by atoms with E-state index in [1.165, 1.54) is 5.56 Å². The van der Waals surface area contributed by atoms with Gasteiger partial charge in [-0.3, -0.25) is 0 Å². The summed E-state index contributed by atoms with van der Waals surface area (Å²) in [6.07, 6.45) is 1.09. The van der Waals surface area contributed by atoms with E-state index < -0.39 is 0 Å². The lowest BCUT2D eigenvalue weighted by Gasteiger charge is -2.05. The van der Waals surface area contributed by atoms with Crippen molar-refractivity contribution in [3.8, 4) is 0 Å². The first-order chi connectivity index (χ1) is 5.33. The van der Waals surface area contributed by atoms with Crippen molar-refractivity contribution in [2.75, 3.05) is 5.88 Å². The van der Waals surface area contributed by atoms with Gasteiger partial charge < -0.3 is 0 Å². The molecule has 0 aliphatic heterocycles. The third kappa shape index (κ3) is 2.94. The Labute approximate surface area is 73.2 Å². The molecule has 0 radical (unpaired) electrons. The Balaban J connectivity index is 2.51. The molecule has 0 bridgehead atoms. The predicted octanol–water partition coefficient (Wildman–Crippen LogP) is 3.10. The van der Waals surface area contributed by atoms with Crippen molar-refractivity contribution in [2.45, 2.75) is 13.3 Å². The lowest BCUT2D eigenvalue weighted by Crippen LogP contribution is -2.00. The summed E-state index contributed by atoms with van der Waals surface area (Å²) < 4.78 is 0. The van der Waals surface area contributed by atoms with Crippen molar-refractivity contribution >= 4 is 11.6 Å². The Morgan fingerprint density at radius 2 is 1.91 bits per heavy atom. The van der Waals surface area contributed by atoms with Gasteiger partial charge in [0, 0.05) is 5.88 Å². The molecule has 0 saturated carbocycles. The standard InChI is InChI=1S/C10H13Cl/c1-9(8-11)7-10-5-3-2-4-6-10/h2-6,9H,7-8H2,1H3/t9-/m0/s1. The zero-order valence-electron chi connectivity index (χ0n) is 6.76. The Kier molecular flexibility index (Phi) is 3.44. The zero-order valence-corrected chi connectivity index (χ0v) is 7.51. The van der Waals surface area contributed by atoms with Crippen molar-refractivity contribution in [3.05, 3.63) is 35.9 Å². The zero-order chi connectivity index (χ0) is 8.10. The summed E-state index contributed by atoms with van der Waals surface area (Å²) in [4.78, 5) is 0. The van der Waals surface area contributed by atoms with Crippen molar-refractivity contribution in [1.29, 1.82) is 0 Å². The molecule has 1 heteroatoms. The van der Waals surface area contributed by atoms with Crippen molar-refractivity contribution < 1.29 is 0 Å². The Morgan fingerprint density at radius 3 is 2.45 bits per heavy atom. The summed E-state index contributed by atoms with van der Waals surface area (Å²) in [7, 11) is 0. The molecule has 60 valence electrons. The van der Waals surface area contributed by atoms with Gasteiger partial charge in [-0.2, -0.15) is 0 Å². The molecule has 0 fully saturated rings. The summed E-state index contributed by atoms with van der Waals surface area (Å²) in [6.45, 7) is 2.17. The van der Waals surface area contributed by atoms with Crippen LogP contribution < -0.4 is 0 Å². The molecule has 1 aromatic rings. The SMILES string of the molecule is C[C@H](CCl)Cc1ccccc1. The molecule has 0 unspecified atom stereocenters. The normalized spacial score (nSPS) is 12.9. The molecular weight excluding hydrogens is 156 g/mol. The van der Waals surface area contributed by atoms with Crippen LogP contribution in [-0.4, -0.2) is 5.88 Å². The molecule has 1 atom stereocenters. The summed E-state index contributed by atoms with van der Waals surface area (Å²) in [5, 5.41) is 0. The number of hydrogen-bond donors (Lipinski definition) is 0. The second-order valence-electron chi connectivity index (χ2n) is 2.95. The van der Waals surface area contributed by atoms with Crippen LogP contribution in [0.25, 0.3) is 0 Å². The van der Waals surface area contributed by atoms with Crippen LogP contribution in [0.15, 0.2) is 30.3 Å². The molecule has 0 saturated heterocycles. The minimum Gasteiger partial charge on any atom is -0.126 e. The van der Waals surface area contributed by atoms with Crippen molar-refractivity contribution in [2.24, 2.45) is 5.92 Å². The van der Waals surface area contributed by atoms with Crippen molar-refractivity contribution in [3.63, 3.8) is 0 Å². The number of alkyl halides is 1. The lowest BCUT2D eigenvalue weighted by atomic mass is 10.0. The summed E-state index contributed by atoms with van der Waals surface area (Å²) in [5.41, 5.74) is 1.38. The van der Waals surface area contributed by atoms with Gasteiger partial charge in [-0.05, 0) is 17.9 Å². The molecule has 0 amide bonds. The van der Waals surface area contributed by atoms with Gasteiger partial charge in [0.2, 0.25) is 0 Å². The van der Waals surface area contributed by atoms with Crippen LogP contribution in [0, 0.1) is 5.92 Å². The third-order valence-electron chi connectivity index (χ3n) is 1.69. The fraction of sp³-hybridized carbons (Fsp3) is 0.400. The van der Waals surface area contributed by atoms with Gasteiger partial charge in [-0.15, -0.1) is 11.6 Å². The Bertz CT molecular complexity index is 193. The van der Waals surface area contributed by atoms with E-state index in [4.69, 9.17) is 11.6 Å². The molecule has 0 nitrogen and oxygen atoms in total. The topological polar surface area (TPSA) is 0 Å². The average Bonchev–Trinajstić information content (AvgIpc) is 2.06. The van der Waals surface area contributed by atoms with Crippen LogP contribution in [0.1, 0.15) is 12.5 Å². The molecule has 0 spiro atoms. The van der Waals surface area contributed by atoms with E-state index in [0.717, 1.165) is 12.3 Å². The number of halogens is 1. The Hall–Kier alpha value is -0.490. The van der Waals surface area contributed by atoms with E-state index in [9.17, 15) is 0 Å². The molecule has 11 heavy (non-hydrogen) atoms. The minimum absolute atomic E-state index is 0.582. The number of rotatable bonds is 3. The predicted molar refractivity (Wildman–Crippen MR) is 50.0 cm³/mol. The average molecular weight is 169 g/mol. The third-order valence-corrected chi connectivity index (χ3v) is 2.22. The number of benzene rings is 1. The molecule has 0 N–H and O–H groups in total. The van der Waals surface area contributed by atoms with Crippen LogP contribution in [0.5, 0.6) is 0 Å². The fourth-order valence-electron chi connectivity index (χ4n) is 1.07. The van der Waals surface area contributed by atoms with E-state index in [1.807, 2.05) is 6.07 Å². The first-order valence-electron chi connectivity index (χ1n) is 3.93. The highest BCUT2D eigenvalue weighted by Gasteiger charge is 1.99. The van der Waals surface area contributed by atoms with Crippen LogP contribution in [0.3, 0.4) is 0 Å². The molecule has 0 heterocycles. The summed E-state index contributed by atoms with van der Waals surface area (Å²) >= 11 is 5.70. The van der Waals surface area contributed by atoms with Crippen LogP contribution in [0.2, 0.25) is 0 Å². The quantitative estimate of drug-likeness (QED) is 0.609. The van der Waals surface area contributed by atoms with Crippen LogP contribution in [0.4, 0.5) is 0 Å². The van der Waals surface area contributed by atoms with Gasteiger partial charge >= 0.3 is 0 Å². The van der Waals surface area contributed by atoms with E-state index in [-0.39, 0.29) is 0 Å². The highest BCUT2D eigenvalue weighted by molar-refractivity contribution is 6.18. The highest BCUT2D eigenvalue weighted by atomic mass is 35.5. The molecule has 0 aliphatic carbocycles. The largest absolute Gasteiger partial charge is 0.126 e. The van der Waals surface area contributed by atoms with Gasteiger partial charge in [0.15, 0.2) is 0 Å². The first-order valence-corrected chi connectivity index (χ1v) is 4.46. The Morgan fingerprint density at radius 1 is 1.27 bits per heavy atom. The van der Waals surface area contributed by atoms with Crippen molar-refractivity contribution in [1.82, 2.24) is 0 Å². The lowest BCUT2D eigenvalue weighted by molar-refractivity contribution is 0.655. The highest BCUT2D eigenvalue weighted by Crippen LogP contribution is 2.08. The molecule has 0 aliphatic rings. The monoisotopic (exact) mass is 168 g/mol. The smallest absolute Gasteiger partial charge is 0.0252 e.